The van der Waals surface area contributed by atoms with Gasteiger partial charge >= 0.3 is 0 Å². The predicted molar refractivity (Wildman–Crippen MR) is 59.0 cm³/mol. The van der Waals surface area contributed by atoms with Crippen LogP contribution in [-0.2, 0) is 11.2 Å². The third kappa shape index (κ3) is 1.95. The molecule has 0 amide bonds. The summed E-state index contributed by atoms with van der Waals surface area (Å²) >= 11 is 8.03. The summed E-state index contributed by atoms with van der Waals surface area (Å²) in [6.45, 7) is 4.87. The molecule has 2 heterocycles. The highest BCUT2D eigenvalue weighted by Crippen LogP contribution is 2.36. The average molecular weight is 232 g/mol. The van der Waals surface area contributed by atoms with E-state index in [4.69, 9.17) is 16.3 Å². The molecule has 0 saturated carbocycles. The van der Waals surface area contributed by atoms with E-state index in [2.05, 4.69) is 18.8 Å². The molecule has 1 aliphatic heterocycles. The Morgan fingerprint density at radius 3 is 3.00 bits per heavy atom. The van der Waals surface area contributed by atoms with Gasteiger partial charge in [-0.15, -0.1) is 22.9 Å². The first-order valence-electron chi connectivity index (χ1n) is 4.75. The Hall–Kier alpha value is -0.120. The van der Waals surface area contributed by atoms with Gasteiger partial charge in [0.25, 0.3) is 0 Å². The average Bonchev–Trinajstić information content (AvgIpc) is 2.70. The minimum Gasteiger partial charge on any atom is -0.374 e. The number of nitrogens with zero attached hydrogens (tertiary/aromatic N) is 1. The molecule has 4 heteroatoms. The van der Waals surface area contributed by atoms with E-state index in [1.54, 1.807) is 11.3 Å². The van der Waals surface area contributed by atoms with Crippen LogP contribution >= 0.6 is 22.9 Å². The van der Waals surface area contributed by atoms with Crippen molar-refractivity contribution in [1.29, 1.82) is 0 Å². The Morgan fingerprint density at radius 1 is 1.71 bits per heavy atom. The van der Waals surface area contributed by atoms with Gasteiger partial charge in [0.05, 0.1) is 23.1 Å². The highest BCUT2D eigenvalue weighted by molar-refractivity contribution is 7.09. The topological polar surface area (TPSA) is 22.1 Å². The number of halogens is 1. The zero-order chi connectivity index (χ0) is 10.2. The summed E-state index contributed by atoms with van der Waals surface area (Å²) in [5.41, 5.74) is 1.68. The third-order valence-electron chi connectivity index (χ3n) is 2.69. The first-order chi connectivity index (χ1) is 6.59. The van der Waals surface area contributed by atoms with E-state index < -0.39 is 0 Å². The lowest BCUT2D eigenvalue weighted by Crippen LogP contribution is -2.31. The Balaban J connectivity index is 2.01. The maximum atomic E-state index is 6.35. The first-order valence-corrected chi connectivity index (χ1v) is 6.06. The molecule has 2 rings (SSSR count). The largest absolute Gasteiger partial charge is 0.374 e. The summed E-state index contributed by atoms with van der Waals surface area (Å²) in [5.74, 6) is 0.423. The van der Waals surface area contributed by atoms with Gasteiger partial charge < -0.3 is 4.74 Å². The molecule has 1 aromatic heterocycles. The van der Waals surface area contributed by atoms with Crippen LogP contribution in [0.1, 0.15) is 18.7 Å². The lowest BCUT2D eigenvalue weighted by atomic mass is 9.94. The number of thiazole rings is 1. The quantitative estimate of drug-likeness (QED) is 0.731. The van der Waals surface area contributed by atoms with Gasteiger partial charge in [0.1, 0.15) is 0 Å². The van der Waals surface area contributed by atoms with Gasteiger partial charge in [-0.2, -0.15) is 0 Å². The molecule has 1 saturated heterocycles. The Morgan fingerprint density at radius 2 is 2.50 bits per heavy atom. The van der Waals surface area contributed by atoms with E-state index in [9.17, 15) is 0 Å². The van der Waals surface area contributed by atoms with E-state index in [-0.39, 0.29) is 11.0 Å². The summed E-state index contributed by atoms with van der Waals surface area (Å²) in [7, 11) is 0. The van der Waals surface area contributed by atoms with Gasteiger partial charge in [-0.3, -0.25) is 4.98 Å². The van der Waals surface area contributed by atoms with Gasteiger partial charge in [0, 0.05) is 17.0 Å². The van der Waals surface area contributed by atoms with Crippen LogP contribution in [0.4, 0.5) is 0 Å². The van der Waals surface area contributed by atoms with Gasteiger partial charge in [0.15, 0.2) is 0 Å². The van der Waals surface area contributed by atoms with Gasteiger partial charge in [-0.05, 0) is 20.3 Å². The van der Waals surface area contributed by atoms with Gasteiger partial charge in [0.2, 0.25) is 0 Å². The fourth-order valence-electron chi connectivity index (χ4n) is 1.82. The van der Waals surface area contributed by atoms with E-state index in [0.29, 0.717) is 5.92 Å². The summed E-state index contributed by atoms with van der Waals surface area (Å²) in [5, 5.41) is 0.101. The summed E-state index contributed by atoms with van der Waals surface area (Å²) in [6, 6.07) is 0. The van der Waals surface area contributed by atoms with Crippen molar-refractivity contribution in [1.82, 2.24) is 4.98 Å². The van der Waals surface area contributed by atoms with E-state index >= 15 is 0 Å². The zero-order valence-corrected chi connectivity index (χ0v) is 9.94. The van der Waals surface area contributed by atoms with Gasteiger partial charge in [-0.1, -0.05) is 0 Å². The minimum atomic E-state index is -0.184. The number of alkyl halides is 1. The third-order valence-corrected chi connectivity index (χ3v) is 4.38. The summed E-state index contributed by atoms with van der Waals surface area (Å²) in [4.78, 5) is 5.35. The van der Waals surface area contributed by atoms with Crippen LogP contribution in [0.2, 0.25) is 0 Å². The van der Waals surface area contributed by atoms with Crippen LogP contribution in [0.5, 0.6) is 0 Å². The number of ether oxygens (including phenoxy) is 1. The number of hydrogen-bond acceptors (Lipinski definition) is 3. The molecule has 2 atom stereocenters. The van der Waals surface area contributed by atoms with Crippen LogP contribution in [0.25, 0.3) is 0 Å². The smallest absolute Gasteiger partial charge is 0.0794 e. The standard InChI is InChI=1S/C10H14ClNOS/c1-10(2)9(11)7(5-13-10)3-8-4-12-6-14-8/h4,6-7,9H,3,5H2,1-2H3. The van der Waals surface area contributed by atoms with Crippen molar-refractivity contribution in [2.24, 2.45) is 5.92 Å². The molecule has 14 heavy (non-hydrogen) atoms. The molecule has 0 N–H and O–H groups in total. The highest BCUT2D eigenvalue weighted by atomic mass is 35.5. The fourth-order valence-corrected chi connectivity index (χ4v) is 2.73. The van der Waals surface area contributed by atoms with Crippen LogP contribution in [-0.4, -0.2) is 22.6 Å². The summed E-state index contributed by atoms with van der Waals surface area (Å²) < 4.78 is 5.67. The predicted octanol–water partition coefficient (Wildman–Crippen LogP) is 2.72. The number of aromatic nitrogens is 1. The molecule has 0 bridgehead atoms. The number of hydrogen-bond donors (Lipinski definition) is 0. The lowest BCUT2D eigenvalue weighted by Gasteiger charge is -2.22. The fraction of sp³-hybridized carbons (Fsp3) is 0.700. The van der Waals surface area contributed by atoms with E-state index in [0.717, 1.165) is 13.0 Å². The Kier molecular flexibility index (Phi) is 2.82. The van der Waals surface area contributed by atoms with E-state index in [1.165, 1.54) is 4.88 Å². The van der Waals surface area contributed by atoms with Crippen molar-refractivity contribution in [3.05, 3.63) is 16.6 Å². The number of rotatable bonds is 2. The van der Waals surface area contributed by atoms with E-state index in [1.807, 2.05) is 11.7 Å². The van der Waals surface area contributed by atoms with Crippen molar-refractivity contribution in [3.63, 3.8) is 0 Å². The Bertz CT molecular complexity index is 299. The second-order valence-electron chi connectivity index (χ2n) is 4.25. The normalized spacial score (nSPS) is 30.8. The molecule has 2 nitrogen and oxygen atoms in total. The van der Waals surface area contributed by atoms with Crippen LogP contribution < -0.4 is 0 Å². The monoisotopic (exact) mass is 231 g/mol. The van der Waals surface area contributed by atoms with Gasteiger partial charge in [-0.25, -0.2) is 0 Å². The zero-order valence-electron chi connectivity index (χ0n) is 8.37. The Labute approximate surface area is 93.3 Å². The second kappa shape index (κ2) is 3.80. The van der Waals surface area contributed by atoms with Crippen molar-refractivity contribution >= 4 is 22.9 Å². The van der Waals surface area contributed by atoms with Crippen molar-refractivity contribution in [2.45, 2.75) is 31.2 Å². The molecular formula is C10H14ClNOS. The molecule has 1 aromatic rings. The molecule has 0 spiro atoms. The van der Waals surface area contributed by atoms with Crippen LogP contribution in [0, 0.1) is 5.92 Å². The maximum Gasteiger partial charge on any atom is 0.0794 e. The SMILES string of the molecule is CC1(C)OCC(Cc2cncs2)C1Cl. The second-order valence-corrected chi connectivity index (χ2v) is 5.69. The molecule has 78 valence electrons. The van der Waals surface area contributed by atoms with Crippen molar-refractivity contribution in [3.8, 4) is 0 Å². The maximum absolute atomic E-state index is 6.35. The van der Waals surface area contributed by atoms with Crippen LogP contribution in [0.15, 0.2) is 11.7 Å². The first kappa shape index (κ1) is 10.4. The molecule has 2 unspecified atom stereocenters. The lowest BCUT2D eigenvalue weighted by molar-refractivity contribution is 0.0365. The highest BCUT2D eigenvalue weighted by Gasteiger charge is 2.41. The van der Waals surface area contributed by atoms with Crippen LogP contribution in [0.3, 0.4) is 0 Å². The van der Waals surface area contributed by atoms with Crippen molar-refractivity contribution in [2.75, 3.05) is 6.61 Å². The molecule has 1 fully saturated rings. The molecule has 0 aromatic carbocycles. The minimum absolute atomic E-state index is 0.101. The molecule has 0 radical (unpaired) electrons. The summed E-state index contributed by atoms with van der Waals surface area (Å²) in [6.07, 6.45) is 2.90. The molecule has 1 aliphatic rings. The molecular weight excluding hydrogens is 218 g/mol. The van der Waals surface area contributed by atoms with Crippen molar-refractivity contribution < 1.29 is 4.74 Å². The molecule has 0 aliphatic carbocycles.